The van der Waals surface area contributed by atoms with Crippen molar-refractivity contribution in [1.82, 2.24) is 10.2 Å². The van der Waals surface area contributed by atoms with Crippen LogP contribution in [0.3, 0.4) is 0 Å². The van der Waals surface area contributed by atoms with E-state index < -0.39 is 18.4 Å². The molecule has 0 amide bonds. The van der Waals surface area contributed by atoms with E-state index in [4.69, 9.17) is 5.10 Å². The normalized spacial score (nSPS) is 11.7. The molecule has 0 unspecified atom stereocenters. The predicted molar refractivity (Wildman–Crippen MR) is 111 cm³/mol. The summed E-state index contributed by atoms with van der Waals surface area (Å²) in [6.45, 7) is 11.1. The second kappa shape index (κ2) is 12.0. The van der Waals surface area contributed by atoms with Crippen molar-refractivity contribution in [2.45, 2.75) is 99.3 Å². The minimum atomic E-state index is -2.55. The van der Waals surface area contributed by atoms with Gasteiger partial charge < -0.3 is 0 Å². The molecule has 0 radical (unpaired) electrons. The zero-order valence-electron chi connectivity index (χ0n) is 17.2. The molecular weight excluding hydrogens is 415 g/mol. The van der Waals surface area contributed by atoms with Crippen LogP contribution < -0.4 is 3.71 Å². The fraction of sp³-hybridized carbons (Fsp3) is 0.762. The summed E-state index contributed by atoms with van der Waals surface area (Å²) in [7, 11) is 0. The average Bonchev–Trinajstić information content (AvgIpc) is 2.62. The number of ketones is 1. The van der Waals surface area contributed by atoms with Crippen molar-refractivity contribution in [1.29, 1.82) is 0 Å². The number of hydrogen-bond donors (Lipinski definition) is 0. The number of unbranched alkanes of at least 4 members (excludes halogenated alkanes) is 3. The molecule has 0 N–H and O–H groups in total. The van der Waals surface area contributed by atoms with E-state index in [1.807, 2.05) is 13.0 Å². The number of carbonyl (C=O) groups is 1. The van der Waals surface area contributed by atoms with Gasteiger partial charge in [0.15, 0.2) is 0 Å². The first-order chi connectivity index (χ1) is 12.0. The number of rotatable bonds is 13. The zero-order chi connectivity index (χ0) is 18.7. The van der Waals surface area contributed by atoms with Crippen molar-refractivity contribution in [3.05, 3.63) is 17.3 Å². The molecule has 0 fully saturated rings. The maximum absolute atomic E-state index is 12.2. The third-order valence-corrected chi connectivity index (χ3v) is 20.8. The number of Topliss-reactive ketones (excluding diaryl/α,β-unsaturated/α-hetero) is 1. The molecule has 0 aliphatic rings. The zero-order valence-corrected chi connectivity index (χ0v) is 20.0. The second-order valence-corrected chi connectivity index (χ2v) is 20.5. The summed E-state index contributed by atoms with van der Waals surface area (Å²) >= 11 is -2.55. The Bertz CT molecular complexity index is 509. The van der Waals surface area contributed by atoms with Gasteiger partial charge in [-0.1, -0.05) is 0 Å². The number of nitrogens with zero attached hydrogens (tertiary/aromatic N) is 2. The molecule has 0 spiro atoms. The molecule has 4 heteroatoms. The molecular formula is C21H38N2OSn. The van der Waals surface area contributed by atoms with Crippen molar-refractivity contribution in [2.75, 3.05) is 0 Å². The summed E-state index contributed by atoms with van der Waals surface area (Å²) in [6, 6.07) is 2.04. The minimum absolute atomic E-state index is 0.140. The van der Waals surface area contributed by atoms with Gasteiger partial charge in [0.05, 0.1) is 0 Å². The Morgan fingerprint density at radius 2 is 1.40 bits per heavy atom. The van der Waals surface area contributed by atoms with Crippen LogP contribution in [0.2, 0.25) is 13.3 Å². The molecule has 0 aliphatic heterocycles. The van der Waals surface area contributed by atoms with E-state index in [1.165, 1.54) is 61.1 Å². The molecule has 25 heavy (non-hydrogen) atoms. The summed E-state index contributed by atoms with van der Waals surface area (Å²) < 4.78 is 5.53. The van der Waals surface area contributed by atoms with E-state index in [1.54, 1.807) is 0 Å². The topological polar surface area (TPSA) is 42.9 Å². The van der Waals surface area contributed by atoms with E-state index >= 15 is 0 Å². The van der Waals surface area contributed by atoms with Gasteiger partial charge in [-0.15, -0.1) is 0 Å². The predicted octanol–water partition coefficient (Wildman–Crippen LogP) is 5.82. The average molecular weight is 453 g/mol. The van der Waals surface area contributed by atoms with Gasteiger partial charge in [-0.25, -0.2) is 0 Å². The maximum atomic E-state index is 12.2. The monoisotopic (exact) mass is 454 g/mol. The summed E-state index contributed by atoms with van der Waals surface area (Å²) in [5.41, 5.74) is 1.82. The summed E-state index contributed by atoms with van der Waals surface area (Å²) in [5.74, 6) is 0.140. The quantitative estimate of drug-likeness (QED) is 0.279. The van der Waals surface area contributed by atoms with Gasteiger partial charge in [-0.2, -0.15) is 0 Å². The number of aromatic nitrogens is 2. The third kappa shape index (κ3) is 6.65. The number of carbonyl (C=O) groups excluding carboxylic acids is 1. The van der Waals surface area contributed by atoms with E-state index in [0.717, 1.165) is 6.42 Å². The molecule has 1 aromatic rings. The second-order valence-electron chi connectivity index (χ2n) is 7.53. The van der Waals surface area contributed by atoms with Crippen molar-refractivity contribution in [3.8, 4) is 0 Å². The Morgan fingerprint density at radius 1 is 0.880 bits per heavy atom. The molecule has 1 aromatic heterocycles. The molecule has 3 nitrogen and oxygen atoms in total. The van der Waals surface area contributed by atoms with Gasteiger partial charge in [0.1, 0.15) is 0 Å². The fourth-order valence-corrected chi connectivity index (χ4v) is 20.1. The summed E-state index contributed by atoms with van der Waals surface area (Å²) in [5, 5.41) is 9.14. The van der Waals surface area contributed by atoms with Gasteiger partial charge in [0.2, 0.25) is 0 Å². The standard InChI is InChI=1S/C9H11N2O.3C4H9.Sn/c1-3-4-9(12)8-5-7(2)6-10-11-8;3*1-3-4-2;/h5H,3-4H2,1-2H3;3*1,3-4H2,2H3;. The molecule has 0 saturated carbocycles. The molecule has 0 aromatic carbocycles. The first kappa shape index (κ1) is 22.6. The summed E-state index contributed by atoms with van der Waals surface area (Å²) in [4.78, 5) is 12.2. The van der Waals surface area contributed by atoms with Crippen molar-refractivity contribution < 1.29 is 4.79 Å². The van der Waals surface area contributed by atoms with Gasteiger partial charge in [-0.3, -0.25) is 0 Å². The van der Waals surface area contributed by atoms with Crippen LogP contribution in [0.4, 0.5) is 0 Å². The van der Waals surface area contributed by atoms with Crippen molar-refractivity contribution in [3.63, 3.8) is 0 Å². The molecule has 0 aliphatic carbocycles. The van der Waals surface area contributed by atoms with Crippen molar-refractivity contribution >= 4 is 27.9 Å². The van der Waals surface area contributed by atoms with Crippen LogP contribution in [0, 0.1) is 6.92 Å². The van der Waals surface area contributed by atoms with E-state index in [-0.39, 0.29) is 5.78 Å². The molecule has 142 valence electrons. The molecule has 1 rings (SSSR count). The Kier molecular flexibility index (Phi) is 10.9. The summed E-state index contributed by atoms with van der Waals surface area (Å²) in [6.07, 6.45) is 9.18. The van der Waals surface area contributed by atoms with Gasteiger partial charge in [-0.05, 0) is 0 Å². The Hall–Kier alpha value is -0.451. The third-order valence-electron chi connectivity index (χ3n) is 5.28. The van der Waals surface area contributed by atoms with Crippen LogP contribution in [0.25, 0.3) is 0 Å². The van der Waals surface area contributed by atoms with Crippen LogP contribution in [-0.2, 0) is 0 Å². The Morgan fingerprint density at radius 3 is 1.80 bits per heavy atom. The fourth-order valence-electron chi connectivity index (χ4n) is 3.78. The molecule has 0 saturated heterocycles. The van der Waals surface area contributed by atoms with Crippen LogP contribution in [0.15, 0.2) is 6.07 Å². The van der Waals surface area contributed by atoms with Crippen molar-refractivity contribution in [2.24, 2.45) is 0 Å². The van der Waals surface area contributed by atoms with Crippen LogP contribution in [0.5, 0.6) is 0 Å². The molecule has 0 bridgehead atoms. The van der Waals surface area contributed by atoms with Crippen LogP contribution in [0.1, 0.15) is 95.1 Å². The van der Waals surface area contributed by atoms with E-state index in [0.29, 0.717) is 12.1 Å². The molecule has 0 atom stereocenters. The van der Waals surface area contributed by atoms with Crippen LogP contribution >= 0.6 is 0 Å². The Labute approximate surface area is 159 Å². The van der Waals surface area contributed by atoms with Gasteiger partial charge in [0, 0.05) is 0 Å². The van der Waals surface area contributed by atoms with E-state index in [9.17, 15) is 4.79 Å². The van der Waals surface area contributed by atoms with Gasteiger partial charge in [0.25, 0.3) is 0 Å². The number of hydrogen-bond acceptors (Lipinski definition) is 3. The van der Waals surface area contributed by atoms with E-state index in [2.05, 4.69) is 32.8 Å². The Balaban J connectivity index is 3.23. The first-order valence-corrected chi connectivity index (χ1v) is 17.9. The van der Waals surface area contributed by atoms with Gasteiger partial charge >= 0.3 is 159 Å². The first-order valence-electron chi connectivity index (χ1n) is 10.4. The SMILES string of the molecule is CCC[CH2][Sn]([CH2]CCC)([CH2]CCC)[c]1nnc(C(=O)CCC)cc1C. The molecule has 1 heterocycles. The number of aryl methyl sites for hydroxylation is 1. The van der Waals surface area contributed by atoms with Crippen LogP contribution in [-0.4, -0.2) is 34.4 Å².